The van der Waals surface area contributed by atoms with Crippen LogP contribution >= 0.6 is 34.9 Å². The molecule has 0 saturated heterocycles. The van der Waals surface area contributed by atoms with Gasteiger partial charge in [0.05, 0.1) is 22.3 Å². The number of nitrogens with one attached hydrogen (secondary N) is 2. The first-order valence-electron chi connectivity index (χ1n) is 8.47. The van der Waals surface area contributed by atoms with E-state index in [2.05, 4.69) is 18.2 Å². The Morgan fingerprint density at radius 1 is 0.742 bits per heavy atom. The first-order valence-corrected chi connectivity index (χ1v) is 12.9. The van der Waals surface area contributed by atoms with Gasteiger partial charge in [-0.3, -0.25) is 9.44 Å². The summed E-state index contributed by atoms with van der Waals surface area (Å²) in [7, 11) is -7.90. The lowest BCUT2D eigenvalue weighted by Crippen LogP contribution is -2.15. The maximum Gasteiger partial charge on any atom is 0.264 e. The minimum Gasteiger partial charge on any atom is -0.280 e. The molecule has 0 spiro atoms. The normalized spacial score (nSPS) is 12.1. The summed E-state index contributed by atoms with van der Waals surface area (Å²) in [4.78, 5) is -0.0905. The first-order chi connectivity index (χ1) is 14.6. The summed E-state index contributed by atoms with van der Waals surface area (Å²) in [5.41, 5.74) is 1.13. The highest BCUT2D eigenvalue weighted by Gasteiger charge is 2.20. The van der Waals surface area contributed by atoms with Crippen molar-refractivity contribution < 1.29 is 16.8 Å². The number of halogens is 2. The van der Waals surface area contributed by atoms with E-state index in [1.165, 1.54) is 48.5 Å². The number of anilines is 2. The molecule has 2 N–H and O–H groups in total. The molecule has 0 amide bonds. The van der Waals surface area contributed by atoms with Crippen molar-refractivity contribution in [1.82, 2.24) is 8.75 Å². The fourth-order valence-electron chi connectivity index (χ4n) is 2.74. The highest BCUT2D eigenvalue weighted by Crippen LogP contribution is 2.26. The average Bonchev–Trinajstić information content (AvgIpc) is 3.15. The third-order valence-electron chi connectivity index (χ3n) is 4.07. The first kappa shape index (κ1) is 21.8. The molecule has 3 aromatic carbocycles. The van der Waals surface area contributed by atoms with Gasteiger partial charge in [-0.05, 0) is 54.6 Å². The Balaban J connectivity index is 1.57. The maximum atomic E-state index is 12.8. The van der Waals surface area contributed by atoms with Gasteiger partial charge in [-0.1, -0.05) is 29.3 Å². The number of aromatic nitrogens is 2. The van der Waals surface area contributed by atoms with Crippen molar-refractivity contribution in [3.8, 4) is 0 Å². The molecule has 4 aromatic rings. The van der Waals surface area contributed by atoms with Gasteiger partial charge in [-0.2, -0.15) is 8.75 Å². The van der Waals surface area contributed by atoms with Crippen LogP contribution in [0.4, 0.5) is 11.4 Å². The van der Waals surface area contributed by atoms with Gasteiger partial charge >= 0.3 is 0 Å². The van der Waals surface area contributed by atoms with E-state index in [1.807, 2.05) is 0 Å². The minimum atomic E-state index is -3.96. The van der Waals surface area contributed by atoms with Gasteiger partial charge in [-0.15, -0.1) is 0 Å². The summed E-state index contributed by atoms with van der Waals surface area (Å²) in [6, 6.07) is 14.2. The largest absolute Gasteiger partial charge is 0.280 e. The summed E-state index contributed by atoms with van der Waals surface area (Å²) < 4.78 is 63.6. The van der Waals surface area contributed by atoms with Crippen molar-refractivity contribution in [3.05, 3.63) is 70.7 Å². The van der Waals surface area contributed by atoms with Crippen LogP contribution in [-0.4, -0.2) is 25.6 Å². The van der Waals surface area contributed by atoms with Crippen LogP contribution in [0, 0.1) is 0 Å². The van der Waals surface area contributed by atoms with E-state index < -0.39 is 20.0 Å². The second kappa shape index (κ2) is 8.24. The Kier molecular flexibility index (Phi) is 5.79. The van der Waals surface area contributed by atoms with E-state index in [4.69, 9.17) is 23.2 Å². The number of rotatable bonds is 6. The van der Waals surface area contributed by atoms with Gasteiger partial charge in [0.25, 0.3) is 20.0 Å². The molecule has 1 aromatic heterocycles. The van der Waals surface area contributed by atoms with Gasteiger partial charge in [0.2, 0.25) is 0 Å². The molecule has 0 fully saturated rings. The Morgan fingerprint density at radius 2 is 1.39 bits per heavy atom. The lowest BCUT2D eigenvalue weighted by atomic mass is 10.3. The molecule has 31 heavy (non-hydrogen) atoms. The van der Waals surface area contributed by atoms with E-state index >= 15 is 0 Å². The number of sulfonamides is 2. The molecule has 0 aliphatic carbocycles. The Bertz CT molecular complexity index is 1470. The average molecular weight is 515 g/mol. The lowest BCUT2D eigenvalue weighted by molar-refractivity contribution is 0.600. The van der Waals surface area contributed by atoms with Crippen molar-refractivity contribution in [2.75, 3.05) is 9.44 Å². The number of hydrogen-bond donors (Lipinski definition) is 2. The SMILES string of the molecule is O=S(=O)(Nc1cc(Cl)cc(Cl)c1)c1ccc(NS(=O)(=O)c2cccc3nsnc23)cc1. The second-order valence-corrected chi connectivity index (χ2v) is 11.0. The number of benzene rings is 3. The molecule has 0 radical (unpaired) electrons. The zero-order valence-corrected chi connectivity index (χ0v) is 19.2. The van der Waals surface area contributed by atoms with Crippen molar-refractivity contribution >= 4 is 77.4 Å². The highest BCUT2D eigenvalue weighted by atomic mass is 35.5. The van der Waals surface area contributed by atoms with Crippen LogP contribution < -0.4 is 9.44 Å². The van der Waals surface area contributed by atoms with Crippen molar-refractivity contribution in [1.29, 1.82) is 0 Å². The summed E-state index contributed by atoms with van der Waals surface area (Å²) in [6.45, 7) is 0. The topological polar surface area (TPSA) is 118 Å². The zero-order chi connectivity index (χ0) is 22.2. The molecular weight excluding hydrogens is 503 g/mol. The van der Waals surface area contributed by atoms with E-state index in [-0.39, 0.29) is 36.7 Å². The standard InChI is InChI=1S/C18H12Cl2N4O4S3/c19-11-8-12(20)10-14(9-11)24-30(25,26)15-6-4-13(5-7-15)23-31(27,28)17-3-1-2-16-18(17)22-29-21-16/h1-10,23-24H. The van der Waals surface area contributed by atoms with Crippen LogP contribution in [0.5, 0.6) is 0 Å². The highest BCUT2D eigenvalue weighted by molar-refractivity contribution is 7.93. The molecule has 13 heteroatoms. The molecule has 160 valence electrons. The predicted molar refractivity (Wildman–Crippen MR) is 122 cm³/mol. The molecule has 0 aliphatic rings. The number of hydrogen-bond acceptors (Lipinski definition) is 7. The van der Waals surface area contributed by atoms with Crippen molar-refractivity contribution in [3.63, 3.8) is 0 Å². The fraction of sp³-hybridized carbons (Fsp3) is 0. The third kappa shape index (κ3) is 4.75. The van der Waals surface area contributed by atoms with Crippen LogP contribution in [0.1, 0.15) is 0 Å². The number of nitrogens with zero attached hydrogens (tertiary/aromatic N) is 2. The van der Waals surface area contributed by atoms with E-state index in [0.29, 0.717) is 5.52 Å². The summed E-state index contributed by atoms with van der Waals surface area (Å²) in [6.07, 6.45) is 0. The van der Waals surface area contributed by atoms with Crippen LogP contribution in [0.3, 0.4) is 0 Å². The van der Waals surface area contributed by atoms with Crippen molar-refractivity contribution in [2.24, 2.45) is 0 Å². The van der Waals surface area contributed by atoms with Gasteiger partial charge in [0.15, 0.2) is 0 Å². The molecule has 0 unspecified atom stereocenters. The minimum absolute atomic E-state index is 0.0186. The summed E-state index contributed by atoms with van der Waals surface area (Å²) in [5, 5.41) is 0.556. The Hall–Kier alpha value is -2.44. The van der Waals surface area contributed by atoms with Crippen LogP contribution in [-0.2, 0) is 20.0 Å². The predicted octanol–water partition coefficient (Wildman–Crippen LogP) is 4.60. The quantitative estimate of drug-likeness (QED) is 0.388. The third-order valence-corrected chi connectivity index (χ3v) is 7.86. The Morgan fingerprint density at radius 3 is 2.06 bits per heavy atom. The van der Waals surface area contributed by atoms with Gasteiger partial charge in [0, 0.05) is 15.7 Å². The Labute approximate surface area is 192 Å². The second-order valence-electron chi connectivity index (χ2n) is 6.28. The molecule has 0 bridgehead atoms. The van der Waals surface area contributed by atoms with Gasteiger partial charge < -0.3 is 0 Å². The van der Waals surface area contributed by atoms with E-state index in [0.717, 1.165) is 11.7 Å². The van der Waals surface area contributed by atoms with Crippen LogP contribution in [0.15, 0.2) is 70.5 Å². The fourth-order valence-corrected chi connectivity index (χ4v) is 6.13. The smallest absolute Gasteiger partial charge is 0.264 e. The molecule has 0 aliphatic heterocycles. The molecule has 1 heterocycles. The molecule has 4 rings (SSSR count). The number of fused-ring (bicyclic) bond motifs is 1. The lowest BCUT2D eigenvalue weighted by Gasteiger charge is -2.11. The van der Waals surface area contributed by atoms with Gasteiger partial charge in [0.1, 0.15) is 15.9 Å². The van der Waals surface area contributed by atoms with E-state index in [9.17, 15) is 16.8 Å². The maximum absolute atomic E-state index is 12.8. The van der Waals surface area contributed by atoms with Crippen LogP contribution in [0.2, 0.25) is 10.0 Å². The monoisotopic (exact) mass is 514 g/mol. The van der Waals surface area contributed by atoms with Crippen molar-refractivity contribution in [2.45, 2.75) is 9.79 Å². The molecule has 0 atom stereocenters. The van der Waals surface area contributed by atoms with Crippen LogP contribution in [0.25, 0.3) is 11.0 Å². The molecular formula is C18H12Cl2N4O4S3. The molecule has 8 nitrogen and oxygen atoms in total. The van der Waals surface area contributed by atoms with Gasteiger partial charge in [-0.25, -0.2) is 16.8 Å². The zero-order valence-electron chi connectivity index (χ0n) is 15.3. The molecule has 0 saturated carbocycles. The summed E-state index contributed by atoms with van der Waals surface area (Å²) >= 11 is 12.7. The summed E-state index contributed by atoms with van der Waals surface area (Å²) in [5.74, 6) is 0. The van der Waals surface area contributed by atoms with E-state index in [1.54, 1.807) is 12.1 Å².